The minimum Gasteiger partial charge on any atom is -0.484 e. The lowest BCUT2D eigenvalue weighted by atomic mass is 10.00. The first kappa shape index (κ1) is 32.0. The zero-order valence-electron chi connectivity index (χ0n) is 26.3. The van der Waals surface area contributed by atoms with E-state index in [1.54, 1.807) is 4.90 Å². The number of amides is 3. The lowest BCUT2D eigenvalue weighted by Gasteiger charge is -2.38. The molecule has 2 aliphatic rings. The minimum atomic E-state index is -0.973. The summed E-state index contributed by atoms with van der Waals surface area (Å²) in [7, 11) is 0. The van der Waals surface area contributed by atoms with Crippen molar-refractivity contribution < 1.29 is 28.6 Å². The van der Waals surface area contributed by atoms with Crippen LogP contribution in [0.3, 0.4) is 0 Å². The number of aryl methyl sites for hydroxylation is 1. The molecular formula is C37H39FN4O5. The van der Waals surface area contributed by atoms with Gasteiger partial charge in [-0.2, -0.15) is 0 Å². The van der Waals surface area contributed by atoms with Crippen molar-refractivity contribution in [2.24, 2.45) is 0 Å². The lowest BCUT2D eigenvalue weighted by molar-refractivity contribution is -0.142. The first-order chi connectivity index (χ1) is 22.7. The monoisotopic (exact) mass is 638 g/mol. The first-order valence-corrected chi connectivity index (χ1v) is 16.0. The van der Waals surface area contributed by atoms with E-state index in [2.05, 4.69) is 29.3 Å². The topological polar surface area (TPSA) is 102 Å². The van der Waals surface area contributed by atoms with E-state index < -0.39 is 35.8 Å². The molecule has 244 valence electrons. The van der Waals surface area contributed by atoms with Gasteiger partial charge < -0.3 is 29.9 Å². The standard InChI is InChI=1S/C37H39FN4O5/c1-25-6-2-5-9-33(25)40-16-18-41(19-17-40)37(46)32(21-26-10-11-27-7-3-4-8-28(27)20-26)39-36(45)34-22-30(43)23-42(34)35(44)24-47-31-14-12-29(38)13-15-31/h2-15,20,30,32,34,43H,16-19,21-24H2,1H3,(H,39,45)/t30-,32?,34?/m1/s1. The van der Waals surface area contributed by atoms with Gasteiger partial charge in [0.25, 0.3) is 5.91 Å². The molecule has 2 fully saturated rings. The Morgan fingerprint density at radius 1 is 0.915 bits per heavy atom. The largest absolute Gasteiger partial charge is 0.484 e. The molecule has 3 amide bonds. The minimum absolute atomic E-state index is 0.0339. The third-order valence-electron chi connectivity index (χ3n) is 8.99. The SMILES string of the molecule is Cc1ccccc1N1CCN(C(=O)C(Cc2ccc3ccccc3c2)NC(=O)C2C[C@@H](O)CN2C(=O)COc2ccc(F)cc2)CC1. The molecular weight excluding hydrogens is 599 g/mol. The van der Waals surface area contributed by atoms with E-state index in [9.17, 15) is 23.9 Å². The second-order valence-electron chi connectivity index (χ2n) is 12.2. The summed E-state index contributed by atoms with van der Waals surface area (Å²) in [5.41, 5.74) is 3.22. The second kappa shape index (κ2) is 14.2. The fraction of sp³-hybridized carbons (Fsp3) is 0.324. The summed E-state index contributed by atoms with van der Waals surface area (Å²) in [4.78, 5) is 46.4. The van der Waals surface area contributed by atoms with Gasteiger partial charge in [-0.3, -0.25) is 14.4 Å². The fourth-order valence-electron chi connectivity index (χ4n) is 6.47. The van der Waals surface area contributed by atoms with Crippen LogP contribution in [0.5, 0.6) is 5.75 Å². The van der Waals surface area contributed by atoms with Crippen molar-refractivity contribution in [3.63, 3.8) is 0 Å². The Morgan fingerprint density at radius 3 is 2.36 bits per heavy atom. The average Bonchev–Trinajstić information content (AvgIpc) is 3.49. The van der Waals surface area contributed by atoms with Crippen LogP contribution >= 0.6 is 0 Å². The quantitative estimate of drug-likeness (QED) is 0.290. The van der Waals surface area contributed by atoms with Crippen molar-refractivity contribution in [1.29, 1.82) is 0 Å². The fourth-order valence-corrected chi connectivity index (χ4v) is 6.47. The third kappa shape index (κ3) is 7.55. The van der Waals surface area contributed by atoms with Gasteiger partial charge in [0.1, 0.15) is 23.7 Å². The number of para-hydroxylation sites is 1. The summed E-state index contributed by atoms with van der Waals surface area (Å²) >= 11 is 0. The van der Waals surface area contributed by atoms with Crippen molar-refractivity contribution in [2.75, 3.05) is 44.2 Å². The van der Waals surface area contributed by atoms with E-state index in [1.165, 1.54) is 34.7 Å². The number of carbonyl (C=O) groups is 3. The van der Waals surface area contributed by atoms with Gasteiger partial charge >= 0.3 is 0 Å². The molecule has 2 unspecified atom stereocenters. The van der Waals surface area contributed by atoms with E-state index in [4.69, 9.17) is 4.74 Å². The number of anilines is 1. The molecule has 0 saturated carbocycles. The number of likely N-dealkylation sites (tertiary alicyclic amines) is 1. The molecule has 2 saturated heterocycles. The number of benzene rings is 4. The highest BCUT2D eigenvalue weighted by molar-refractivity contribution is 5.93. The Labute approximate surface area is 273 Å². The Kier molecular flexibility index (Phi) is 9.68. The van der Waals surface area contributed by atoms with Crippen molar-refractivity contribution >= 4 is 34.2 Å². The van der Waals surface area contributed by atoms with Crippen LogP contribution in [-0.4, -0.2) is 90.1 Å². The molecule has 4 aromatic carbocycles. The van der Waals surface area contributed by atoms with Crippen LogP contribution in [0.1, 0.15) is 17.5 Å². The number of nitrogens with zero attached hydrogens (tertiary/aromatic N) is 3. The van der Waals surface area contributed by atoms with Crippen LogP contribution in [0, 0.1) is 12.7 Å². The van der Waals surface area contributed by atoms with E-state index in [0.717, 1.165) is 22.0 Å². The molecule has 47 heavy (non-hydrogen) atoms. The molecule has 9 nitrogen and oxygen atoms in total. The van der Waals surface area contributed by atoms with Gasteiger partial charge in [0, 0.05) is 51.3 Å². The highest BCUT2D eigenvalue weighted by atomic mass is 19.1. The summed E-state index contributed by atoms with van der Waals surface area (Å²) in [6.07, 6.45) is -0.589. The normalized spacial score (nSPS) is 18.7. The van der Waals surface area contributed by atoms with Gasteiger partial charge in [-0.15, -0.1) is 0 Å². The molecule has 0 radical (unpaired) electrons. The van der Waals surface area contributed by atoms with Gasteiger partial charge in [0.15, 0.2) is 6.61 Å². The summed E-state index contributed by atoms with van der Waals surface area (Å²) < 4.78 is 18.8. The van der Waals surface area contributed by atoms with Gasteiger partial charge in [-0.25, -0.2) is 4.39 Å². The molecule has 0 bridgehead atoms. The lowest BCUT2D eigenvalue weighted by Crippen LogP contribution is -2.58. The number of halogens is 1. The van der Waals surface area contributed by atoms with E-state index >= 15 is 0 Å². The zero-order valence-corrected chi connectivity index (χ0v) is 26.3. The predicted octanol–water partition coefficient (Wildman–Crippen LogP) is 3.70. The Balaban J connectivity index is 1.17. The van der Waals surface area contributed by atoms with Crippen LogP contribution in [0.2, 0.25) is 0 Å². The molecule has 0 aromatic heterocycles. The van der Waals surface area contributed by atoms with E-state index in [1.807, 2.05) is 54.6 Å². The number of fused-ring (bicyclic) bond motifs is 1. The summed E-state index contributed by atoms with van der Waals surface area (Å²) in [5, 5.41) is 15.5. The number of piperazine rings is 1. The highest BCUT2D eigenvalue weighted by Gasteiger charge is 2.41. The molecule has 3 atom stereocenters. The summed E-state index contributed by atoms with van der Waals surface area (Å²) in [6, 6.07) is 25.6. The first-order valence-electron chi connectivity index (χ1n) is 16.0. The molecule has 2 aliphatic heterocycles. The maximum absolute atomic E-state index is 14.1. The van der Waals surface area contributed by atoms with Crippen LogP contribution in [-0.2, 0) is 20.8 Å². The predicted molar refractivity (Wildman–Crippen MR) is 178 cm³/mol. The van der Waals surface area contributed by atoms with Crippen LogP contribution in [0.25, 0.3) is 10.8 Å². The maximum atomic E-state index is 14.1. The number of carbonyl (C=O) groups excluding carboxylic acids is 3. The van der Waals surface area contributed by atoms with E-state index in [0.29, 0.717) is 31.9 Å². The van der Waals surface area contributed by atoms with Crippen LogP contribution in [0.4, 0.5) is 10.1 Å². The number of hydrogen-bond donors (Lipinski definition) is 2. The van der Waals surface area contributed by atoms with Crippen molar-refractivity contribution in [3.8, 4) is 5.75 Å². The smallest absolute Gasteiger partial charge is 0.261 e. The highest BCUT2D eigenvalue weighted by Crippen LogP contribution is 2.23. The van der Waals surface area contributed by atoms with Gasteiger partial charge in [0.2, 0.25) is 11.8 Å². The zero-order chi connectivity index (χ0) is 32.9. The summed E-state index contributed by atoms with van der Waals surface area (Å²) in [6.45, 7) is 4.00. The van der Waals surface area contributed by atoms with Crippen molar-refractivity contribution in [3.05, 3.63) is 108 Å². The number of ether oxygens (including phenoxy) is 1. The second-order valence-corrected chi connectivity index (χ2v) is 12.2. The maximum Gasteiger partial charge on any atom is 0.261 e. The Hall–Kier alpha value is -4.96. The molecule has 2 N–H and O–H groups in total. The molecule has 10 heteroatoms. The summed E-state index contributed by atoms with van der Waals surface area (Å²) in [5.74, 6) is -1.30. The van der Waals surface area contributed by atoms with Gasteiger partial charge in [-0.1, -0.05) is 60.7 Å². The Morgan fingerprint density at radius 2 is 1.62 bits per heavy atom. The van der Waals surface area contributed by atoms with Crippen molar-refractivity contribution in [2.45, 2.75) is 38.0 Å². The third-order valence-corrected chi connectivity index (χ3v) is 8.99. The number of rotatable bonds is 9. The van der Waals surface area contributed by atoms with Gasteiger partial charge in [0.05, 0.1) is 6.10 Å². The molecule has 0 spiro atoms. The Bertz CT molecular complexity index is 1740. The number of hydrogen-bond acceptors (Lipinski definition) is 6. The average molecular weight is 639 g/mol. The number of nitrogens with one attached hydrogen (secondary N) is 1. The van der Waals surface area contributed by atoms with Crippen molar-refractivity contribution in [1.82, 2.24) is 15.1 Å². The van der Waals surface area contributed by atoms with Crippen LogP contribution in [0.15, 0.2) is 91.0 Å². The molecule has 4 aromatic rings. The number of aliphatic hydroxyl groups is 1. The van der Waals surface area contributed by atoms with Gasteiger partial charge in [-0.05, 0) is 59.2 Å². The van der Waals surface area contributed by atoms with Crippen LogP contribution < -0.4 is 15.0 Å². The van der Waals surface area contributed by atoms with E-state index in [-0.39, 0.29) is 31.9 Å². The number of aliphatic hydroxyl groups excluding tert-OH is 1. The molecule has 0 aliphatic carbocycles. The number of β-amino-alcohol motifs (C(OH)–C–C–N with tert-alkyl or cyclic N) is 1. The molecule has 6 rings (SSSR count). The molecule has 2 heterocycles.